The number of hydrogen-bond donors (Lipinski definition) is 7. The number of rotatable bonds is 8. The van der Waals surface area contributed by atoms with Crippen LogP contribution < -0.4 is 0 Å². The van der Waals surface area contributed by atoms with Crippen molar-refractivity contribution < 1.29 is 47.8 Å². The molecule has 1 aliphatic heterocycles. The second kappa shape index (κ2) is 8.31. The van der Waals surface area contributed by atoms with Crippen LogP contribution >= 0.6 is 0 Å². The molecule has 1 heterocycles. The molecule has 0 radical (unpaired) electrons. The Hall–Kier alpha value is 0.149. The Balaban J connectivity index is 2.77. The van der Waals surface area contributed by atoms with Crippen molar-refractivity contribution in [2.75, 3.05) is 13.2 Å². The SMILES string of the molecule is O=S(=O)(O)O[C@@H](CO)[C@H](O)C[Se+]1C[C@H](O)[C@H](O)[C@H]1[C@H](O)CO. The summed E-state index contributed by atoms with van der Waals surface area (Å²) in [6, 6.07) is 0. The summed E-state index contributed by atoms with van der Waals surface area (Å²) in [7, 11) is -4.86. The van der Waals surface area contributed by atoms with Crippen LogP contribution in [0.15, 0.2) is 0 Å². The molecule has 0 aromatic heterocycles. The molecule has 1 unspecified atom stereocenters. The van der Waals surface area contributed by atoms with Gasteiger partial charge in [0.15, 0.2) is 0 Å². The standard InChI is InChI=1S/C10H20O10SSe/c11-1-5(13)10-9(16)7(15)4-22(10)3-6(14)8(2-12)20-21(17,18)19/h5-16H,1-4H2/p+1/t5-,6-,7+,8+,9+,10-,22?/m1/s1. The molecule has 0 bridgehead atoms. The molecule has 1 saturated heterocycles. The monoisotopic (exact) mass is 413 g/mol. The minimum absolute atomic E-state index is 0.101. The predicted octanol–water partition coefficient (Wildman–Crippen LogP) is -3.52. The number of aliphatic hydroxyl groups is 6. The molecule has 0 aliphatic carbocycles. The van der Waals surface area contributed by atoms with Crippen molar-refractivity contribution in [3.63, 3.8) is 0 Å². The zero-order chi connectivity index (χ0) is 17.1. The van der Waals surface area contributed by atoms with Gasteiger partial charge >= 0.3 is 131 Å². The molecule has 0 aromatic rings. The van der Waals surface area contributed by atoms with E-state index in [1.54, 1.807) is 0 Å². The molecule has 10 nitrogen and oxygen atoms in total. The Morgan fingerprint density at radius 3 is 2.23 bits per heavy atom. The Bertz CT molecular complexity index is 445. The molecule has 0 aromatic carbocycles. The van der Waals surface area contributed by atoms with Crippen LogP contribution in [0.2, 0.25) is 15.5 Å². The second-order valence-electron chi connectivity index (χ2n) is 4.96. The van der Waals surface area contributed by atoms with Crippen molar-refractivity contribution in [3.8, 4) is 0 Å². The van der Waals surface area contributed by atoms with Crippen LogP contribution in [0.3, 0.4) is 0 Å². The maximum absolute atomic E-state index is 10.6. The van der Waals surface area contributed by atoms with Crippen LogP contribution in [0, 0.1) is 0 Å². The Morgan fingerprint density at radius 1 is 1.18 bits per heavy atom. The molecule has 0 saturated carbocycles. The molecule has 0 spiro atoms. The van der Waals surface area contributed by atoms with Gasteiger partial charge in [-0.05, 0) is 0 Å². The molecule has 7 N–H and O–H groups in total. The third kappa shape index (κ3) is 5.35. The van der Waals surface area contributed by atoms with Gasteiger partial charge in [0.25, 0.3) is 0 Å². The average molecular weight is 412 g/mol. The van der Waals surface area contributed by atoms with E-state index in [-0.39, 0.29) is 10.6 Å². The Labute approximate surface area is 131 Å². The second-order valence-corrected chi connectivity index (χ2v) is 10.8. The quantitative estimate of drug-likeness (QED) is 0.156. The molecule has 1 rings (SSSR count). The first-order chi connectivity index (χ1) is 10.1. The summed E-state index contributed by atoms with van der Waals surface area (Å²) < 4.78 is 34.0. The summed E-state index contributed by atoms with van der Waals surface area (Å²) in [5.74, 6) is 0. The fraction of sp³-hybridized carbons (Fsp3) is 1.00. The molecule has 0 amide bonds. The van der Waals surface area contributed by atoms with Crippen molar-refractivity contribution in [3.05, 3.63) is 0 Å². The third-order valence-corrected chi connectivity index (χ3v) is 9.89. The van der Waals surface area contributed by atoms with E-state index in [1.165, 1.54) is 0 Å². The summed E-state index contributed by atoms with van der Waals surface area (Å²) in [5.41, 5.74) is 0. The minimum atomic E-state index is -4.86. The van der Waals surface area contributed by atoms with Gasteiger partial charge in [0.2, 0.25) is 0 Å². The van der Waals surface area contributed by atoms with Gasteiger partial charge in [0.1, 0.15) is 0 Å². The van der Waals surface area contributed by atoms with Crippen LogP contribution in [0.25, 0.3) is 0 Å². The van der Waals surface area contributed by atoms with Gasteiger partial charge in [-0.25, -0.2) is 0 Å². The van der Waals surface area contributed by atoms with E-state index in [0.717, 1.165) is 0 Å². The normalized spacial score (nSPS) is 33.6. The fourth-order valence-corrected chi connectivity index (χ4v) is 9.02. The summed E-state index contributed by atoms with van der Waals surface area (Å²) in [4.78, 5) is -0.806. The van der Waals surface area contributed by atoms with E-state index in [0.29, 0.717) is 0 Å². The van der Waals surface area contributed by atoms with Crippen molar-refractivity contribution in [1.82, 2.24) is 0 Å². The summed E-state index contributed by atoms with van der Waals surface area (Å²) >= 11 is -2.05. The Kier molecular flexibility index (Phi) is 7.63. The summed E-state index contributed by atoms with van der Waals surface area (Å²) in [6.07, 6.45) is -6.73. The van der Waals surface area contributed by atoms with Gasteiger partial charge in [-0.3, -0.25) is 0 Å². The van der Waals surface area contributed by atoms with E-state index in [9.17, 15) is 28.8 Å². The van der Waals surface area contributed by atoms with Gasteiger partial charge in [-0.2, -0.15) is 0 Å². The van der Waals surface area contributed by atoms with Crippen molar-refractivity contribution in [2.24, 2.45) is 0 Å². The zero-order valence-corrected chi connectivity index (χ0v) is 14.0. The molecular weight excluding hydrogens is 391 g/mol. The van der Waals surface area contributed by atoms with Crippen LogP contribution in [0.5, 0.6) is 0 Å². The molecule has 7 atom stereocenters. The maximum atomic E-state index is 10.6. The third-order valence-electron chi connectivity index (χ3n) is 3.31. The van der Waals surface area contributed by atoms with Crippen LogP contribution in [0.1, 0.15) is 0 Å². The van der Waals surface area contributed by atoms with Crippen molar-refractivity contribution in [1.29, 1.82) is 0 Å². The van der Waals surface area contributed by atoms with Gasteiger partial charge in [0, 0.05) is 0 Å². The number of aliphatic hydroxyl groups excluding tert-OH is 6. The molecular formula is C10H21O10SSe+. The van der Waals surface area contributed by atoms with Crippen molar-refractivity contribution >= 4 is 24.3 Å². The van der Waals surface area contributed by atoms with Crippen LogP contribution in [0.4, 0.5) is 0 Å². The molecule has 1 fully saturated rings. The van der Waals surface area contributed by atoms with Gasteiger partial charge in [-0.1, -0.05) is 0 Å². The predicted molar refractivity (Wildman–Crippen MR) is 73.7 cm³/mol. The van der Waals surface area contributed by atoms with Gasteiger partial charge in [-0.15, -0.1) is 0 Å². The van der Waals surface area contributed by atoms with E-state index in [1.807, 2.05) is 0 Å². The molecule has 22 heavy (non-hydrogen) atoms. The first kappa shape index (κ1) is 20.2. The van der Waals surface area contributed by atoms with E-state index >= 15 is 0 Å². The molecule has 12 heteroatoms. The molecule has 132 valence electrons. The van der Waals surface area contributed by atoms with Crippen molar-refractivity contribution in [2.45, 2.75) is 46.0 Å². The van der Waals surface area contributed by atoms with Gasteiger partial charge in [0.05, 0.1) is 0 Å². The zero-order valence-electron chi connectivity index (χ0n) is 11.5. The first-order valence-corrected chi connectivity index (χ1v) is 11.1. The molecule has 1 aliphatic rings. The summed E-state index contributed by atoms with van der Waals surface area (Å²) in [5, 5.41) is 57.2. The van der Waals surface area contributed by atoms with E-state index in [2.05, 4.69) is 4.18 Å². The van der Waals surface area contributed by atoms with Gasteiger partial charge < -0.3 is 0 Å². The average Bonchev–Trinajstić information content (AvgIpc) is 2.69. The Morgan fingerprint density at radius 2 is 1.77 bits per heavy atom. The van der Waals surface area contributed by atoms with E-state index < -0.39 is 72.8 Å². The van der Waals surface area contributed by atoms with Crippen LogP contribution in [-0.4, -0.2) is 101 Å². The van der Waals surface area contributed by atoms with E-state index in [4.69, 9.17) is 14.8 Å². The topological polar surface area (TPSA) is 185 Å². The fourth-order valence-electron chi connectivity index (χ4n) is 2.28. The number of hydrogen-bond acceptors (Lipinski definition) is 9. The first-order valence-electron chi connectivity index (χ1n) is 6.36. The van der Waals surface area contributed by atoms with Crippen LogP contribution in [-0.2, 0) is 14.6 Å². The summed E-state index contributed by atoms with van der Waals surface area (Å²) in [6.45, 7) is -1.51.